The van der Waals surface area contributed by atoms with E-state index in [1.54, 1.807) is 0 Å². The number of methoxy groups -OCH3 is 1. The third-order valence-electron chi connectivity index (χ3n) is 4.62. The zero-order chi connectivity index (χ0) is 16.2. The largest absolute Gasteiger partial charge is 0.469 e. The van der Waals surface area contributed by atoms with Gasteiger partial charge in [0, 0.05) is 24.9 Å². The minimum Gasteiger partial charge on any atom is -0.469 e. The lowest BCUT2D eigenvalue weighted by Gasteiger charge is -2.26. The quantitative estimate of drug-likeness (QED) is 0.753. The normalized spacial score (nSPS) is 30.8. The fraction of sp³-hybridized carbons (Fsp3) is 0.867. The van der Waals surface area contributed by atoms with Crippen molar-refractivity contribution in [1.82, 2.24) is 10.6 Å². The Bertz CT molecular complexity index is 410. The molecule has 1 aliphatic heterocycles. The fourth-order valence-electron chi connectivity index (χ4n) is 3.27. The van der Waals surface area contributed by atoms with Gasteiger partial charge in [-0.3, -0.25) is 9.59 Å². The highest BCUT2D eigenvalue weighted by atomic mass is 19.3. The van der Waals surface area contributed by atoms with Crippen LogP contribution in [0.4, 0.5) is 8.78 Å². The first-order valence-corrected chi connectivity index (χ1v) is 7.88. The van der Waals surface area contributed by atoms with Gasteiger partial charge in [0.2, 0.25) is 5.91 Å². The summed E-state index contributed by atoms with van der Waals surface area (Å²) in [6.07, 6.45) is 3.03. The molecule has 22 heavy (non-hydrogen) atoms. The van der Waals surface area contributed by atoms with Crippen LogP contribution >= 0.6 is 0 Å². The Hall–Kier alpha value is -1.24. The fourth-order valence-corrected chi connectivity index (χ4v) is 3.27. The van der Waals surface area contributed by atoms with E-state index in [1.165, 1.54) is 7.11 Å². The van der Waals surface area contributed by atoms with Crippen molar-refractivity contribution in [1.29, 1.82) is 0 Å². The summed E-state index contributed by atoms with van der Waals surface area (Å²) in [4.78, 5) is 23.5. The van der Waals surface area contributed by atoms with Gasteiger partial charge in [0.15, 0.2) is 0 Å². The van der Waals surface area contributed by atoms with Gasteiger partial charge in [-0.2, -0.15) is 0 Å². The minimum atomic E-state index is -2.62. The molecule has 0 aromatic heterocycles. The van der Waals surface area contributed by atoms with Gasteiger partial charge >= 0.3 is 5.97 Å². The van der Waals surface area contributed by atoms with Crippen LogP contribution in [0.3, 0.4) is 0 Å². The lowest BCUT2D eigenvalue weighted by Crippen LogP contribution is -2.36. The van der Waals surface area contributed by atoms with Crippen molar-refractivity contribution in [3.63, 3.8) is 0 Å². The molecule has 126 valence electrons. The van der Waals surface area contributed by atoms with Crippen molar-refractivity contribution >= 4 is 11.9 Å². The van der Waals surface area contributed by atoms with Gasteiger partial charge in [-0.25, -0.2) is 8.78 Å². The Kier molecular flexibility index (Phi) is 5.72. The van der Waals surface area contributed by atoms with Crippen LogP contribution < -0.4 is 10.6 Å². The molecule has 0 radical (unpaired) electrons. The molecule has 7 heteroatoms. The average molecular weight is 318 g/mol. The maximum Gasteiger partial charge on any atom is 0.308 e. The molecule has 1 amide bonds. The second kappa shape index (κ2) is 7.35. The molecule has 1 aliphatic carbocycles. The van der Waals surface area contributed by atoms with E-state index < -0.39 is 5.92 Å². The van der Waals surface area contributed by atoms with Crippen LogP contribution in [-0.2, 0) is 14.3 Å². The maximum atomic E-state index is 13.0. The molecule has 1 atom stereocenters. The van der Waals surface area contributed by atoms with Crippen LogP contribution in [0.5, 0.6) is 0 Å². The third-order valence-corrected chi connectivity index (χ3v) is 4.62. The molecule has 1 saturated heterocycles. The molecule has 0 unspecified atom stereocenters. The number of carbonyl (C=O) groups excluding carboxylic acids is 2. The first-order valence-electron chi connectivity index (χ1n) is 7.88. The van der Waals surface area contributed by atoms with Crippen LogP contribution in [0.25, 0.3) is 0 Å². The number of halogens is 2. The van der Waals surface area contributed by atoms with Crippen molar-refractivity contribution in [2.45, 2.75) is 50.5 Å². The second-order valence-electron chi connectivity index (χ2n) is 6.29. The van der Waals surface area contributed by atoms with E-state index in [9.17, 15) is 18.4 Å². The predicted octanol–water partition coefficient (Wildman–Crippen LogP) is 1.47. The standard InChI is InChI=1S/C15H24F2N2O3/c1-22-14(21)11-4-2-10(3-5-11)13(20)18-7-6-12-8-15(16,17)9-19-12/h10-12,19H,2-9H2,1H3,(H,18,20)/t10?,11?,12-/m0/s1. The summed E-state index contributed by atoms with van der Waals surface area (Å²) in [7, 11) is 1.38. The number of esters is 1. The van der Waals surface area contributed by atoms with E-state index in [-0.39, 0.29) is 42.7 Å². The molecular formula is C15H24F2N2O3. The molecule has 1 heterocycles. The lowest BCUT2D eigenvalue weighted by atomic mass is 9.81. The molecule has 5 nitrogen and oxygen atoms in total. The van der Waals surface area contributed by atoms with Gasteiger partial charge in [-0.05, 0) is 32.1 Å². The molecule has 0 spiro atoms. The summed E-state index contributed by atoms with van der Waals surface area (Å²) in [6, 6.07) is -0.231. The lowest BCUT2D eigenvalue weighted by molar-refractivity contribution is -0.147. The number of amides is 1. The maximum absolute atomic E-state index is 13.0. The zero-order valence-corrected chi connectivity index (χ0v) is 12.9. The van der Waals surface area contributed by atoms with E-state index in [0.717, 1.165) is 0 Å². The van der Waals surface area contributed by atoms with Crippen molar-refractivity contribution in [2.75, 3.05) is 20.2 Å². The Morgan fingerprint density at radius 1 is 1.23 bits per heavy atom. The first-order chi connectivity index (χ1) is 10.4. The summed E-state index contributed by atoms with van der Waals surface area (Å²) in [5.74, 6) is -3.04. The molecule has 0 aromatic rings. The average Bonchev–Trinajstić information content (AvgIpc) is 2.85. The van der Waals surface area contributed by atoms with Gasteiger partial charge in [-0.15, -0.1) is 0 Å². The molecule has 0 bridgehead atoms. The highest BCUT2D eigenvalue weighted by Gasteiger charge is 2.38. The van der Waals surface area contributed by atoms with Crippen LogP contribution in [0.2, 0.25) is 0 Å². The molecular weight excluding hydrogens is 294 g/mol. The summed E-state index contributed by atoms with van der Waals surface area (Å²) in [6.45, 7) is 0.132. The van der Waals surface area contributed by atoms with Crippen LogP contribution in [0.1, 0.15) is 38.5 Å². The number of alkyl halides is 2. The summed E-state index contributed by atoms with van der Waals surface area (Å²) < 4.78 is 30.7. The highest BCUT2D eigenvalue weighted by molar-refractivity contribution is 5.79. The van der Waals surface area contributed by atoms with Crippen molar-refractivity contribution in [2.24, 2.45) is 11.8 Å². The molecule has 1 saturated carbocycles. The van der Waals surface area contributed by atoms with Crippen molar-refractivity contribution in [3.05, 3.63) is 0 Å². The predicted molar refractivity (Wildman–Crippen MR) is 76.4 cm³/mol. The Balaban J connectivity index is 1.63. The molecule has 0 aromatic carbocycles. The molecule has 2 N–H and O–H groups in total. The topological polar surface area (TPSA) is 67.4 Å². The smallest absolute Gasteiger partial charge is 0.308 e. The summed E-state index contributed by atoms with van der Waals surface area (Å²) in [5.41, 5.74) is 0. The SMILES string of the molecule is COC(=O)C1CCC(C(=O)NCC[C@H]2CC(F)(F)CN2)CC1. The minimum absolute atomic E-state index is 0.0342. The third kappa shape index (κ3) is 4.63. The van der Waals surface area contributed by atoms with E-state index in [0.29, 0.717) is 38.6 Å². The number of carbonyl (C=O) groups is 2. The van der Waals surface area contributed by atoms with E-state index in [4.69, 9.17) is 4.74 Å². The van der Waals surface area contributed by atoms with Gasteiger partial charge in [0.25, 0.3) is 5.92 Å². The molecule has 2 rings (SSSR count). The van der Waals surface area contributed by atoms with E-state index >= 15 is 0 Å². The Morgan fingerprint density at radius 3 is 2.41 bits per heavy atom. The monoisotopic (exact) mass is 318 g/mol. The highest BCUT2D eigenvalue weighted by Crippen LogP contribution is 2.30. The van der Waals surface area contributed by atoms with Gasteiger partial charge in [-0.1, -0.05) is 0 Å². The van der Waals surface area contributed by atoms with Gasteiger partial charge < -0.3 is 15.4 Å². The number of rotatable bonds is 5. The number of hydrogen-bond acceptors (Lipinski definition) is 4. The van der Waals surface area contributed by atoms with Crippen molar-refractivity contribution in [3.8, 4) is 0 Å². The van der Waals surface area contributed by atoms with Gasteiger partial charge in [0.1, 0.15) is 0 Å². The Morgan fingerprint density at radius 2 is 1.86 bits per heavy atom. The number of ether oxygens (including phenoxy) is 1. The Labute approximate surface area is 129 Å². The zero-order valence-electron chi connectivity index (χ0n) is 12.9. The first kappa shape index (κ1) is 17.1. The summed E-state index contributed by atoms with van der Waals surface area (Å²) >= 11 is 0. The van der Waals surface area contributed by atoms with Crippen molar-refractivity contribution < 1.29 is 23.1 Å². The second-order valence-corrected chi connectivity index (χ2v) is 6.29. The summed E-state index contributed by atoms with van der Waals surface area (Å²) in [5, 5.41) is 5.60. The number of nitrogens with one attached hydrogen (secondary N) is 2. The van der Waals surface area contributed by atoms with Gasteiger partial charge in [0.05, 0.1) is 19.6 Å². The van der Waals surface area contributed by atoms with Crippen LogP contribution in [0.15, 0.2) is 0 Å². The van der Waals surface area contributed by atoms with Crippen LogP contribution in [0, 0.1) is 11.8 Å². The molecule has 2 aliphatic rings. The van der Waals surface area contributed by atoms with E-state index in [1.807, 2.05) is 0 Å². The molecule has 2 fully saturated rings. The van der Waals surface area contributed by atoms with E-state index in [2.05, 4.69) is 10.6 Å². The number of hydrogen-bond donors (Lipinski definition) is 2. The van der Waals surface area contributed by atoms with Crippen LogP contribution in [-0.4, -0.2) is 44.0 Å².